The van der Waals surface area contributed by atoms with Gasteiger partial charge in [0.1, 0.15) is 11.4 Å². The van der Waals surface area contributed by atoms with E-state index in [1.807, 2.05) is 20.0 Å². The quantitative estimate of drug-likeness (QED) is 0.555. The van der Waals surface area contributed by atoms with Crippen molar-refractivity contribution < 1.29 is 13.2 Å². The number of ether oxygens (including phenoxy) is 1. The number of hydrogen-bond acceptors (Lipinski definition) is 4. The molecule has 2 aromatic heterocycles. The van der Waals surface area contributed by atoms with Crippen molar-refractivity contribution in [1.82, 2.24) is 13.9 Å². The second-order valence-electron chi connectivity index (χ2n) is 8.51. The molecule has 0 amide bonds. The van der Waals surface area contributed by atoms with Crippen molar-refractivity contribution in [1.29, 1.82) is 0 Å². The molecule has 0 unspecified atom stereocenters. The van der Waals surface area contributed by atoms with Crippen LogP contribution in [0.25, 0.3) is 11.0 Å². The van der Waals surface area contributed by atoms with E-state index in [0.29, 0.717) is 29.7 Å². The molecule has 1 saturated heterocycles. The maximum Gasteiger partial charge on any atom is 0.243 e. The van der Waals surface area contributed by atoms with Gasteiger partial charge in [0.15, 0.2) is 0 Å². The molecule has 166 valence electrons. The number of benzene rings is 1. The molecule has 3 aromatic rings. The Hall–Kier alpha value is -2.38. The zero-order valence-corrected chi connectivity index (χ0v) is 19.5. The van der Waals surface area contributed by atoms with Gasteiger partial charge in [-0.3, -0.25) is 0 Å². The van der Waals surface area contributed by atoms with Crippen LogP contribution in [0.1, 0.15) is 50.7 Å². The van der Waals surface area contributed by atoms with Crippen molar-refractivity contribution in [2.24, 2.45) is 0 Å². The van der Waals surface area contributed by atoms with Gasteiger partial charge >= 0.3 is 0 Å². The Labute approximate surface area is 184 Å². The minimum absolute atomic E-state index is 0.0546. The van der Waals surface area contributed by atoms with Crippen molar-refractivity contribution in [3.8, 4) is 5.75 Å². The van der Waals surface area contributed by atoms with E-state index in [9.17, 15) is 8.42 Å². The number of fused-ring (bicyclic) bond motifs is 1. The summed E-state index contributed by atoms with van der Waals surface area (Å²) in [5.74, 6) is 1.02. The molecule has 0 spiro atoms. The standard InChI is InChI=1S/C24H31N3O3S/c1-5-26-16-22(23-18(4)10-13-25-24(23)26)19-11-14-27(15-12-19)31(28,29)21-8-6-20(7-9-21)30-17(2)3/h6-10,13,16-17,19H,5,11-12,14-15H2,1-4H3. The van der Waals surface area contributed by atoms with Gasteiger partial charge in [-0.1, -0.05) is 0 Å². The summed E-state index contributed by atoms with van der Waals surface area (Å²) in [7, 11) is -3.50. The number of rotatable bonds is 6. The highest BCUT2D eigenvalue weighted by molar-refractivity contribution is 7.89. The van der Waals surface area contributed by atoms with Gasteiger partial charge in [-0.2, -0.15) is 4.31 Å². The van der Waals surface area contributed by atoms with Crippen molar-refractivity contribution >= 4 is 21.1 Å². The Kier molecular flexibility index (Phi) is 6.08. The molecule has 0 atom stereocenters. The Bertz CT molecular complexity index is 1160. The summed E-state index contributed by atoms with van der Waals surface area (Å²) in [5.41, 5.74) is 3.55. The van der Waals surface area contributed by atoms with Crippen LogP contribution in [0.2, 0.25) is 0 Å². The van der Waals surface area contributed by atoms with E-state index in [1.54, 1.807) is 28.6 Å². The lowest BCUT2D eigenvalue weighted by molar-refractivity contribution is 0.242. The van der Waals surface area contributed by atoms with E-state index in [2.05, 4.69) is 35.7 Å². The molecule has 0 saturated carbocycles. The summed E-state index contributed by atoms with van der Waals surface area (Å²) >= 11 is 0. The van der Waals surface area contributed by atoms with Crippen molar-refractivity contribution in [2.45, 2.75) is 64.0 Å². The second-order valence-corrected chi connectivity index (χ2v) is 10.5. The fourth-order valence-corrected chi connectivity index (χ4v) is 5.95. The normalized spacial score (nSPS) is 16.3. The lowest BCUT2D eigenvalue weighted by atomic mass is 9.89. The summed E-state index contributed by atoms with van der Waals surface area (Å²) in [6.07, 6.45) is 5.75. The summed E-state index contributed by atoms with van der Waals surface area (Å²) in [6, 6.07) is 8.80. The fourth-order valence-electron chi connectivity index (χ4n) is 4.48. The average molecular weight is 442 g/mol. The van der Waals surface area contributed by atoms with Gasteiger partial charge in [0.25, 0.3) is 0 Å². The minimum atomic E-state index is -3.50. The predicted octanol–water partition coefficient (Wildman–Crippen LogP) is 4.72. The first kappa shape index (κ1) is 21.8. The summed E-state index contributed by atoms with van der Waals surface area (Å²) in [4.78, 5) is 4.92. The fraction of sp³-hybridized carbons (Fsp3) is 0.458. The van der Waals surface area contributed by atoms with Gasteiger partial charge in [-0.15, -0.1) is 0 Å². The Morgan fingerprint density at radius 3 is 2.42 bits per heavy atom. The van der Waals surface area contributed by atoms with Crippen LogP contribution in [-0.2, 0) is 16.6 Å². The molecule has 0 aliphatic carbocycles. The molecule has 1 aliphatic rings. The molecule has 31 heavy (non-hydrogen) atoms. The zero-order chi connectivity index (χ0) is 22.2. The second kappa shape index (κ2) is 8.63. The molecule has 0 bridgehead atoms. The third-order valence-corrected chi connectivity index (χ3v) is 7.98. The number of aromatic nitrogens is 2. The van der Waals surface area contributed by atoms with Gasteiger partial charge in [0, 0.05) is 37.4 Å². The van der Waals surface area contributed by atoms with E-state index in [-0.39, 0.29) is 6.10 Å². The van der Waals surface area contributed by atoms with Gasteiger partial charge in [0.05, 0.1) is 11.0 Å². The number of aryl methyl sites for hydroxylation is 2. The van der Waals surface area contributed by atoms with Crippen LogP contribution in [0.15, 0.2) is 47.6 Å². The molecule has 0 radical (unpaired) electrons. The molecule has 7 heteroatoms. The molecular weight excluding hydrogens is 410 g/mol. The van der Waals surface area contributed by atoms with E-state index in [0.717, 1.165) is 25.0 Å². The Morgan fingerprint density at radius 2 is 1.81 bits per heavy atom. The highest BCUT2D eigenvalue weighted by atomic mass is 32.2. The first-order chi connectivity index (χ1) is 14.8. The first-order valence-electron chi connectivity index (χ1n) is 11.0. The van der Waals surface area contributed by atoms with Crippen LogP contribution in [0.3, 0.4) is 0 Å². The van der Waals surface area contributed by atoms with Crippen LogP contribution in [0, 0.1) is 6.92 Å². The van der Waals surface area contributed by atoms with Crippen molar-refractivity contribution in [3.63, 3.8) is 0 Å². The van der Waals surface area contributed by atoms with Crippen LogP contribution in [0.5, 0.6) is 5.75 Å². The molecule has 4 rings (SSSR count). The molecule has 6 nitrogen and oxygen atoms in total. The smallest absolute Gasteiger partial charge is 0.243 e. The third-order valence-electron chi connectivity index (χ3n) is 6.06. The molecule has 1 aliphatic heterocycles. The van der Waals surface area contributed by atoms with E-state index in [1.165, 1.54) is 16.5 Å². The Morgan fingerprint density at radius 1 is 1.13 bits per heavy atom. The van der Waals surface area contributed by atoms with E-state index < -0.39 is 10.0 Å². The number of pyridine rings is 1. The predicted molar refractivity (Wildman–Crippen MR) is 123 cm³/mol. The van der Waals surface area contributed by atoms with Gasteiger partial charge in [0.2, 0.25) is 10.0 Å². The van der Waals surface area contributed by atoms with Crippen LogP contribution >= 0.6 is 0 Å². The number of nitrogens with zero attached hydrogens (tertiary/aromatic N) is 3. The zero-order valence-electron chi connectivity index (χ0n) is 18.7. The van der Waals surface area contributed by atoms with Gasteiger partial charge < -0.3 is 9.30 Å². The third kappa shape index (κ3) is 4.21. The highest BCUT2D eigenvalue weighted by Crippen LogP contribution is 2.36. The van der Waals surface area contributed by atoms with Crippen LogP contribution in [-0.4, -0.2) is 41.5 Å². The summed E-state index contributed by atoms with van der Waals surface area (Å²) in [5, 5.41) is 1.23. The average Bonchev–Trinajstić information content (AvgIpc) is 3.14. The van der Waals surface area contributed by atoms with Gasteiger partial charge in [-0.25, -0.2) is 13.4 Å². The van der Waals surface area contributed by atoms with Crippen molar-refractivity contribution in [2.75, 3.05) is 13.1 Å². The number of piperidine rings is 1. The summed E-state index contributed by atoms with van der Waals surface area (Å²) < 4.78 is 35.7. The highest BCUT2D eigenvalue weighted by Gasteiger charge is 2.31. The lowest BCUT2D eigenvalue weighted by Crippen LogP contribution is -2.37. The molecular formula is C24H31N3O3S. The molecule has 3 heterocycles. The van der Waals surface area contributed by atoms with Gasteiger partial charge in [-0.05, 0) is 87.9 Å². The van der Waals surface area contributed by atoms with Crippen LogP contribution < -0.4 is 4.74 Å². The first-order valence-corrected chi connectivity index (χ1v) is 12.5. The molecule has 1 aromatic carbocycles. The molecule has 0 N–H and O–H groups in total. The monoisotopic (exact) mass is 441 g/mol. The lowest BCUT2D eigenvalue weighted by Gasteiger charge is -2.31. The Balaban J connectivity index is 1.52. The summed E-state index contributed by atoms with van der Waals surface area (Å²) in [6.45, 7) is 10.1. The SMILES string of the molecule is CCn1cc(C2CCN(S(=O)(=O)c3ccc(OC(C)C)cc3)CC2)c2c(C)ccnc21. The van der Waals surface area contributed by atoms with E-state index in [4.69, 9.17) is 4.74 Å². The van der Waals surface area contributed by atoms with Crippen LogP contribution in [0.4, 0.5) is 0 Å². The maximum absolute atomic E-state index is 13.2. The topological polar surface area (TPSA) is 64.4 Å². The van der Waals surface area contributed by atoms with Crippen molar-refractivity contribution in [3.05, 3.63) is 53.9 Å². The van der Waals surface area contributed by atoms with E-state index >= 15 is 0 Å². The molecule has 1 fully saturated rings. The minimum Gasteiger partial charge on any atom is -0.491 e. The largest absolute Gasteiger partial charge is 0.491 e. The maximum atomic E-state index is 13.2. The number of hydrogen-bond donors (Lipinski definition) is 0. The number of sulfonamides is 1.